The van der Waals surface area contributed by atoms with Crippen LogP contribution in [0.5, 0.6) is 0 Å². The summed E-state index contributed by atoms with van der Waals surface area (Å²) in [4.78, 5) is 39.1. The zero-order chi connectivity index (χ0) is 21.2. The van der Waals surface area contributed by atoms with Gasteiger partial charge in [0, 0.05) is 17.9 Å². The van der Waals surface area contributed by atoms with E-state index in [0.717, 1.165) is 12.0 Å². The van der Waals surface area contributed by atoms with Gasteiger partial charge in [-0.1, -0.05) is 0 Å². The Balaban J connectivity index is 1.67. The molecule has 2 fully saturated rings. The number of morpholine rings is 1. The fourth-order valence-electron chi connectivity index (χ4n) is 3.28. The van der Waals surface area contributed by atoms with E-state index >= 15 is 0 Å². The van der Waals surface area contributed by atoms with Gasteiger partial charge in [-0.15, -0.1) is 0 Å². The minimum Gasteiger partial charge on any atom is -0.459 e. The Labute approximate surface area is 169 Å². The summed E-state index contributed by atoms with van der Waals surface area (Å²) in [6.07, 6.45) is -0.497. The number of aldehydes is 1. The molecule has 3 rings (SSSR count). The first-order valence-corrected chi connectivity index (χ1v) is 9.56. The molecule has 0 radical (unpaired) electrons. The Hall–Kier alpha value is -2.65. The Morgan fingerprint density at radius 1 is 1.28 bits per heavy atom. The zero-order valence-corrected chi connectivity index (χ0v) is 16.9. The van der Waals surface area contributed by atoms with E-state index in [4.69, 9.17) is 19.9 Å². The molecule has 2 N–H and O–H groups in total. The molecular weight excluding hydrogens is 378 g/mol. The molecule has 1 amide bonds. The van der Waals surface area contributed by atoms with Crippen molar-refractivity contribution < 1.29 is 28.6 Å². The monoisotopic (exact) mass is 405 g/mol. The predicted molar refractivity (Wildman–Crippen MR) is 106 cm³/mol. The second kappa shape index (κ2) is 8.38. The second-order valence-corrected chi connectivity index (χ2v) is 8.08. The Kier molecular flexibility index (Phi) is 6.09. The third-order valence-corrected chi connectivity index (χ3v) is 4.73. The van der Waals surface area contributed by atoms with Crippen LogP contribution in [0.4, 0.5) is 16.2 Å². The lowest BCUT2D eigenvalue weighted by Gasteiger charge is -2.34. The summed E-state index contributed by atoms with van der Waals surface area (Å²) in [6, 6.07) is 5.83. The largest absolute Gasteiger partial charge is 0.459 e. The van der Waals surface area contributed by atoms with E-state index in [0.29, 0.717) is 25.4 Å². The van der Waals surface area contributed by atoms with Gasteiger partial charge in [0.2, 0.25) is 0 Å². The van der Waals surface area contributed by atoms with Crippen molar-refractivity contribution in [3.05, 3.63) is 24.3 Å². The van der Waals surface area contributed by atoms with Gasteiger partial charge < -0.3 is 29.6 Å². The second-order valence-electron chi connectivity index (χ2n) is 8.08. The zero-order valence-electron chi connectivity index (χ0n) is 16.9. The Morgan fingerprint density at radius 2 is 1.93 bits per heavy atom. The highest BCUT2D eigenvalue weighted by Gasteiger charge is 2.40. The number of nitrogens with two attached hydrogens (primary N) is 1. The molecule has 0 spiro atoms. The van der Waals surface area contributed by atoms with Crippen molar-refractivity contribution in [2.45, 2.75) is 44.6 Å². The van der Waals surface area contributed by atoms with Gasteiger partial charge >= 0.3 is 12.1 Å². The van der Waals surface area contributed by atoms with Crippen molar-refractivity contribution >= 4 is 29.7 Å². The number of rotatable bonds is 5. The highest BCUT2D eigenvalue weighted by atomic mass is 16.6. The first-order chi connectivity index (χ1) is 13.7. The van der Waals surface area contributed by atoms with Gasteiger partial charge in [-0.3, -0.25) is 9.69 Å². The number of hydrogen-bond acceptors (Lipinski definition) is 8. The lowest BCUT2D eigenvalue weighted by Crippen LogP contribution is -2.47. The average molecular weight is 405 g/mol. The summed E-state index contributed by atoms with van der Waals surface area (Å²) in [5.74, 6) is -0.611. The summed E-state index contributed by atoms with van der Waals surface area (Å²) in [5.41, 5.74) is 6.76. The molecular formula is C20H27N3O6. The molecule has 2 aliphatic rings. The lowest BCUT2D eigenvalue weighted by molar-refractivity contribution is -0.158. The van der Waals surface area contributed by atoms with Crippen LogP contribution in [0.2, 0.25) is 0 Å². The summed E-state index contributed by atoms with van der Waals surface area (Å²) >= 11 is 0. The van der Waals surface area contributed by atoms with Crippen LogP contribution in [-0.2, 0) is 23.8 Å². The maximum absolute atomic E-state index is 12.3. The van der Waals surface area contributed by atoms with E-state index in [-0.39, 0.29) is 12.6 Å². The summed E-state index contributed by atoms with van der Waals surface area (Å²) < 4.78 is 15.9. The van der Waals surface area contributed by atoms with Crippen LogP contribution in [0.1, 0.15) is 20.8 Å². The van der Waals surface area contributed by atoms with Crippen molar-refractivity contribution in [2.24, 2.45) is 5.73 Å². The number of carbonyl (C=O) groups excluding carboxylic acids is 3. The van der Waals surface area contributed by atoms with Gasteiger partial charge in [0.15, 0.2) is 0 Å². The topological polar surface area (TPSA) is 111 Å². The molecule has 2 aliphatic heterocycles. The van der Waals surface area contributed by atoms with Crippen LogP contribution in [0.25, 0.3) is 0 Å². The van der Waals surface area contributed by atoms with E-state index in [9.17, 15) is 14.4 Å². The van der Waals surface area contributed by atoms with E-state index < -0.39 is 29.8 Å². The first-order valence-electron chi connectivity index (χ1n) is 9.56. The molecule has 3 atom stereocenters. The van der Waals surface area contributed by atoms with Gasteiger partial charge in [-0.2, -0.15) is 0 Å². The molecule has 0 aromatic heterocycles. The number of carbonyl (C=O) groups is 3. The number of nitrogens with zero attached hydrogens (tertiary/aromatic N) is 2. The molecule has 0 bridgehead atoms. The third-order valence-electron chi connectivity index (χ3n) is 4.73. The molecule has 0 aliphatic carbocycles. The number of hydrogen-bond donors (Lipinski definition) is 1. The fraction of sp³-hybridized carbons (Fsp3) is 0.550. The molecule has 9 nitrogen and oxygen atoms in total. The van der Waals surface area contributed by atoms with Crippen molar-refractivity contribution in [2.75, 3.05) is 36.1 Å². The van der Waals surface area contributed by atoms with Crippen molar-refractivity contribution in [1.29, 1.82) is 0 Å². The lowest BCUT2D eigenvalue weighted by atomic mass is 10.1. The van der Waals surface area contributed by atoms with Crippen molar-refractivity contribution in [3.63, 3.8) is 0 Å². The van der Waals surface area contributed by atoms with Gasteiger partial charge in [-0.05, 0) is 45.0 Å². The molecule has 158 valence electrons. The van der Waals surface area contributed by atoms with E-state index in [1.165, 1.54) is 4.90 Å². The molecule has 0 saturated carbocycles. The van der Waals surface area contributed by atoms with Gasteiger partial charge in [0.1, 0.15) is 30.1 Å². The van der Waals surface area contributed by atoms with Crippen LogP contribution >= 0.6 is 0 Å². The number of benzene rings is 1. The number of anilines is 2. The standard InChI is InChI=1S/C20H27N3O6/c1-20(2,3)29-18(25)17(21)16-10-23(19(26)28-16)14-6-4-13(5-7-14)22-8-9-27-12-15(22)11-24/h4-7,11,15-17H,8-10,12,21H2,1-3H3/t15?,16-,17?/m0/s1. The van der Waals surface area contributed by atoms with E-state index in [2.05, 4.69) is 0 Å². The normalized spacial score (nSPS) is 23.5. The third kappa shape index (κ3) is 4.86. The van der Waals surface area contributed by atoms with Gasteiger partial charge in [0.05, 0.1) is 19.8 Å². The molecule has 2 unspecified atom stereocenters. The van der Waals surface area contributed by atoms with Gasteiger partial charge in [0.25, 0.3) is 0 Å². The minimum absolute atomic E-state index is 0.146. The van der Waals surface area contributed by atoms with Crippen LogP contribution in [0.3, 0.4) is 0 Å². The predicted octanol–water partition coefficient (Wildman–Crippen LogP) is 1.08. The maximum atomic E-state index is 12.3. The first kappa shape index (κ1) is 21.1. The maximum Gasteiger partial charge on any atom is 0.414 e. The van der Waals surface area contributed by atoms with E-state index in [1.54, 1.807) is 32.9 Å². The smallest absolute Gasteiger partial charge is 0.414 e. The highest BCUT2D eigenvalue weighted by molar-refractivity contribution is 5.91. The van der Waals surface area contributed by atoms with E-state index in [1.807, 2.05) is 17.0 Å². The summed E-state index contributed by atoms with van der Waals surface area (Å²) in [6.45, 7) is 6.90. The quantitative estimate of drug-likeness (QED) is 0.572. The molecule has 9 heteroatoms. The van der Waals surface area contributed by atoms with Crippen molar-refractivity contribution in [3.8, 4) is 0 Å². The number of cyclic esters (lactones) is 1. The van der Waals surface area contributed by atoms with Crippen LogP contribution in [0.15, 0.2) is 24.3 Å². The SMILES string of the molecule is CC(C)(C)OC(=O)C(N)[C@@H]1CN(c2ccc(N3CCOCC3C=O)cc2)C(=O)O1. The molecule has 29 heavy (non-hydrogen) atoms. The summed E-state index contributed by atoms with van der Waals surface area (Å²) in [7, 11) is 0. The Bertz CT molecular complexity index is 760. The van der Waals surface area contributed by atoms with Crippen LogP contribution in [0, 0.1) is 0 Å². The van der Waals surface area contributed by atoms with Crippen LogP contribution in [-0.4, -0.2) is 68.4 Å². The summed E-state index contributed by atoms with van der Waals surface area (Å²) in [5, 5.41) is 0. The van der Waals surface area contributed by atoms with Gasteiger partial charge in [-0.25, -0.2) is 4.79 Å². The molecule has 2 saturated heterocycles. The molecule has 1 aromatic rings. The average Bonchev–Trinajstić information content (AvgIpc) is 3.07. The molecule has 1 aromatic carbocycles. The van der Waals surface area contributed by atoms with Crippen LogP contribution < -0.4 is 15.5 Å². The number of esters is 1. The van der Waals surface area contributed by atoms with Crippen molar-refractivity contribution in [1.82, 2.24) is 0 Å². The minimum atomic E-state index is -1.07. The highest BCUT2D eigenvalue weighted by Crippen LogP contribution is 2.27. The number of amides is 1. The fourth-order valence-corrected chi connectivity index (χ4v) is 3.28. The Morgan fingerprint density at radius 3 is 2.55 bits per heavy atom. The number of ether oxygens (including phenoxy) is 3. The molecule has 2 heterocycles.